The summed E-state index contributed by atoms with van der Waals surface area (Å²) in [6, 6.07) is 4.94. The minimum atomic E-state index is -4.43. The van der Waals surface area contributed by atoms with Gasteiger partial charge in [-0.25, -0.2) is 0 Å². The predicted octanol–water partition coefficient (Wildman–Crippen LogP) is 2.97. The summed E-state index contributed by atoms with van der Waals surface area (Å²) in [4.78, 5) is 12.4. The zero-order valence-electron chi connectivity index (χ0n) is 13.0. The van der Waals surface area contributed by atoms with E-state index in [1.165, 1.54) is 17.8 Å². The highest BCUT2D eigenvalue weighted by molar-refractivity contribution is 7.98. The van der Waals surface area contributed by atoms with Crippen LogP contribution in [0.3, 0.4) is 0 Å². The zero-order chi connectivity index (χ0) is 17.3. The van der Waals surface area contributed by atoms with Gasteiger partial charge in [-0.1, -0.05) is 18.2 Å². The molecule has 0 aromatic heterocycles. The van der Waals surface area contributed by atoms with E-state index in [2.05, 4.69) is 5.32 Å². The third-order valence-electron chi connectivity index (χ3n) is 4.01. The number of alkyl halides is 3. The summed E-state index contributed by atoms with van der Waals surface area (Å²) in [6.07, 6.45) is -1.54. The molecule has 1 fully saturated rings. The number of aliphatic hydroxyl groups is 1. The van der Waals surface area contributed by atoms with E-state index in [1.54, 1.807) is 13.0 Å². The summed E-state index contributed by atoms with van der Waals surface area (Å²) in [7, 11) is 0. The van der Waals surface area contributed by atoms with Gasteiger partial charge in [0.25, 0.3) is 0 Å². The predicted molar refractivity (Wildman–Crippen MR) is 84.4 cm³/mol. The molecule has 0 aliphatic heterocycles. The van der Waals surface area contributed by atoms with Crippen molar-refractivity contribution >= 4 is 17.7 Å². The molecule has 0 spiro atoms. The molecule has 23 heavy (non-hydrogen) atoms. The fraction of sp³-hybridized carbons (Fsp3) is 0.562. The average molecular weight is 347 g/mol. The van der Waals surface area contributed by atoms with Crippen molar-refractivity contribution < 1.29 is 23.1 Å². The maximum atomic E-state index is 12.8. The van der Waals surface area contributed by atoms with Crippen molar-refractivity contribution in [2.24, 2.45) is 0 Å². The van der Waals surface area contributed by atoms with Gasteiger partial charge in [-0.2, -0.15) is 24.9 Å². The Bertz CT molecular complexity index is 583. The maximum Gasteiger partial charge on any atom is 0.416 e. The van der Waals surface area contributed by atoms with Crippen LogP contribution in [0.1, 0.15) is 30.9 Å². The second-order valence-corrected chi connectivity index (χ2v) is 7.14. The largest absolute Gasteiger partial charge is 0.416 e. The van der Waals surface area contributed by atoms with Crippen LogP contribution in [0, 0.1) is 0 Å². The molecular weight excluding hydrogens is 327 g/mol. The van der Waals surface area contributed by atoms with Gasteiger partial charge in [0.15, 0.2) is 0 Å². The number of nitrogens with one attached hydrogen (secondary N) is 1. The molecule has 1 aliphatic carbocycles. The van der Waals surface area contributed by atoms with E-state index < -0.39 is 22.8 Å². The highest BCUT2D eigenvalue weighted by Gasteiger charge is 2.52. The van der Waals surface area contributed by atoms with E-state index in [0.29, 0.717) is 24.2 Å². The lowest BCUT2D eigenvalue weighted by atomic mass is 9.93. The molecule has 0 saturated heterocycles. The molecule has 7 heteroatoms. The second-order valence-electron chi connectivity index (χ2n) is 6.27. The second kappa shape index (κ2) is 6.36. The minimum Gasteiger partial charge on any atom is -0.387 e. The molecule has 0 heterocycles. The van der Waals surface area contributed by atoms with Crippen molar-refractivity contribution in [3.05, 3.63) is 35.4 Å². The van der Waals surface area contributed by atoms with Crippen LogP contribution in [0.5, 0.6) is 0 Å². The van der Waals surface area contributed by atoms with E-state index in [-0.39, 0.29) is 12.5 Å². The lowest BCUT2D eigenvalue weighted by Crippen LogP contribution is -2.45. The van der Waals surface area contributed by atoms with Crippen LogP contribution in [0.2, 0.25) is 0 Å². The van der Waals surface area contributed by atoms with E-state index in [0.717, 1.165) is 12.1 Å². The van der Waals surface area contributed by atoms with Crippen molar-refractivity contribution in [3.8, 4) is 0 Å². The standard InChI is InChI=1S/C16H20F3NO2S/c1-14(22,10-23-2)9-20-13(21)15(6-7-15)11-4-3-5-12(8-11)16(17,18)19/h3-5,8,22H,6-7,9-10H2,1-2H3,(H,20,21). The van der Waals surface area contributed by atoms with Gasteiger partial charge in [-0.05, 0) is 37.7 Å². The van der Waals surface area contributed by atoms with Gasteiger partial charge < -0.3 is 10.4 Å². The van der Waals surface area contributed by atoms with Crippen LogP contribution in [0.15, 0.2) is 24.3 Å². The van der Waals surface area contributed by atoms with Gasteiger partial charge >= 0.3 is 6.18 Å². The monoisotopic (exact) mass is 347 g/mol. The molecular formula is C16H20F3NO2S. The molecule has 1 aromatic carbocycles. The topological polar surface area (TPSA) is 49.3 Å². The summed E-state index contributed by atoms with van der Waals surface area (Å²) in [5.41, 5.74) is -2.30. The Morgan fingerprint density at radius 1 is 1.39 bits per heavy atom. The number of thioether (sulfide) groups is 1. The molecule has 1 atom stereocenters. The Kier molecular flexibility index (Phi) is 5.01. The first-order valence-corrected chi connectivity index (χ1v) is 8.67. The van der Waals surface area contributed by atoms with Crippen molar-refractivity contribution in [3.63, 3.8) is 0 Å². The van der Waals surface area contributed by atoms with Gasteiger partial charge in [0, 0.05) is 12.3 Å². The molecule has 1 unspecified atom stereocenters. The quantitative estimate of drug-likeness (QED) is 0.832. The lowest BCUT2D eigenvalue weighted by molar-refractivity contribution is -0.137. The van der Waals surface area contributed by atoms with Gasteiger partial charge in [-0.3, -0.25) is 4.79 Å². The Morgan fingerprint density at radius 2 is 2.04 bits per heavy atom. The molecule has 1 saturated carbocycles. The minimum absolute atomic E-state index is 0.0768. The Labute approximate surface area is 137 Å². The molecule has 0 bridgehead atoms. The smallest absolute Gasteiger partial charge is 0.387 e. The summed E-state index contributed by atoms with van der Waals surface area (Å²) in [5.74, 6) is 0.141. The van der Waals surface area contributed by atoms with Crippen molar-refractivity contribution in [2.75, 3.05) is 18.6 Å². The molecule has 0 radical (unpaired) electrons. The van der Waals surface area contributed by atoms with E-state index in [1.807, 2.05) is 6.26 Å². The maximum absolute atomic E-state index is 12.8. The fourth-order valence-corrected chi connectivity index (χ4v) is 3.29. The molecule has 128 valence electrons. The lowest BCUT2D eigenvalue weighted by Gasteiger charge is -2.24. The van der Waals surface area contributed by atoms with Crippen LogP contribution in [0.4, 0.5) is 13.2 Å². The number of carbonyl (C=O) groups excluding carboxylic acids is 1. The van der Waals surface area contributed by atoms with Crippen LogP contribution in [-0.4, -0.2) is 35.2 Å². The summed E-state index contributed by atoms with van der Waals surface area (Å²) in [5, 5.41) is 12.8. The number of benzene rings is 1. The number of halogens is 3. The van der Waals surface area contributed by atoms with Gasteiger partial charge in [0.2, 0.25) is 5.91 Å². The number of hydrogen-bond acceptors (Lipinski definition) is 3. The van der Waals surface area contributed by atoms with E-state index in [9.17, 15) is 23.1 Å². The van der Waals surface area contributed by atoms with Gasteiger partial charge in [-0.15, -0.1) is 0 Å². The highest BCUT2D eigenvalue weighted by atomic mass is 32.2. The Balaban J connectivity index is 2.12. The summed E-state index contributed by atoms with van der Waals surface area (Å²) in [6.45, 7) is 1.70. The zero-order valence-corrected chi connectivity index (χ0v) is 13.9. The summed E-state index contributed by atoms with van der Waals surface area (Å²) >= 11 is 1.46. The van der Waals surface area contributed by atoms with Crippen molar-refractivity contribution in [1.29, 1.82) is 0 Å². The van der Waals surface area contributed by atoms with E-state index in [4.69, 9.17) is 0 Å². The van der Waals surface area contributed by atoms with Crippen LogP contribution in [0.25, 0.3) is 0 Å². The van der Waals surface area contributed by atoms with Crippen LogP contribution >= 0.6 is 11.8 Å². The highest BCUT2D eigenvalue weighted by Crippen LogP contribution is 2.49. The first-order valence-electron chi connectivity index (χ1n) is 7.28. The van der Waals surface area contributed by atoms with Gasteiger partial charge in [0.05, 0.1) is 16.6 Å². The number of amides is 1. The van der Waals surface area contributed by atoms with Gasteiger partial charge in [0.1, 0.15) is 0 Å². The van der Waals surface area contributed by atoms with Crippen LogP contribution < -0.4 is 5.32 Å². The third-order valence-corrected chi connectivity index (χ3v) is 4.92. The van der Waals surface area contributed by atoms with Crippen molar-refractivity contribution in [2.45, 2.75) is 37.0 Å². The molecule has 1 aromatic rings. The fourth-order valence-electron chi connectivity index (χ4n) is 2.57. The molecule has 3 nitrogen and oxygen atoms in total. The number of rotatable bonds is 6. The average Bonchev–Trinajstić information content (AvgIpc) is 3.26. The SMILES string of the molecule is CSCC(C)(O)CNC(=O)C1(c2cccc(C(F)(F)F)c2)CC1. The molecule has 1 amide bonds. The first-order chi connectivity index (χ1) is 10.6. The molecule has 2 N–H and O–H groups in total. The Morgan fingerprint density at radius 3 is 2.57 bits per heavy atom. The third kappa shape index (κ3) is 4.20. The van der Waals surface area contributed by atoms with E-state index >= 15 is 0 Å². The first kappa shape index (κ1) is 18.1. The number of carbonyl (C=O) groups is 1. The normalized spacial score (nSPS) is 19.0. The van der Waals surface area contributed by atoms with Crippen LogP contribution in [-0.2, 0) is 16.4 Å². The Hall–Kier alpha value is -1.21. The molecule has 1 aliphatic rings. The van der Waals surface area contributed by atoms with Crippen molar-refractivity contribution in [1.82, 2.24) is 5.32 Å². The summed E-state index contributed by atoms with van der Waals surface area (Å²) < 4.78 is 38.5. The molecule has 2 rings (SSSR count). The number of hydrogen-bond donors (Lipinski definition) is 2.